The molecule has 2 aromatic carbocycles. The molecule has 1 aromatic heterocycles. The van der Waals surface area contributed by atoms with E-state index in [0.29, 0.717) is 24.5 Å². The van der Waals surface area contributed by atoms with Crippen LogP contribution in [0.5, 0.6) is 0 Å². The fraction of sp³-hybridized carbons (Fsp3) is 0.263. The Morgan fingerprint density at radius 3 is 2.70 bits per heavy atom. The average Bonchev–Trinajstić information content (AvgIpc) is 3.32. The van der Waals surface area contributed by atoms with Gasteiger partial charge in [0.15, 0.2) is 5.13 Å². The summed E-state index contributed by atoms with van der Waals surface area (Å²) in [6.07, 6.45) is 2.37. The van der Waals surface area contributed by atoms with Crippen LogP contribution >= 0.6 is 11.3 Å². The molecule has 138 valence electrons. The van der Waals surface area contributed by atoms with E-state index in [2.05, 4.69) is 28.5 Å². The Morgan fingerprint density at radius 2 is 1.96 bits per heavy atom. The minimum Gasteiger partial charge on any atom is -0.301 e. The van der Waals surface area contributed by atoms with Crippen LogP contribution in [-0.4, -0.2) is 42.5 Å². The quantitative estimate of drug-likeness (QED) is 0.573. The molecular formula is C19H17N3O3S2. The second-order valence-corrected chi connectivity index (χ2v) is 9.86. The number of fused-ring (bicyclic) bond motifs is 3. The first kappa shape index (κ1) is 16.9. The molecule has 1 atom stereocenters. The largest absolute Gasteiger partial charge is 0.301 e. The smallest absolute Gasteiger partial charge is 0.244 e. The van der Waals surface area contributed by atoms with Crippen LogP contribution in [0, 0.1) is 0 Å². The van der Waals surface area contributed by atoms with E-state index in [0.717, 1.165) is 28.0 Å². The van der Waals surface area contributed by atoms with E-state index >= 15 is 0 Å². The molecule has 5 rings (SSSR count). The van der Waals surface area contributed by atoms with Crippen LogP contribution in [0.25, 0.3) is 32.5 Å². The predicted molar refractivity (Wildman–Crippen MR) is 107 cm³/mol. The zero-order valence-electron chi connectivity index (χ0n) is 14.6. The number of thiazole rings is 1. The lowest BCUT2D eigenvalue weighted by molar-refractivity contribution is -0.119. The number of hydrogen-bond acceptors (Lipinski definition) is 5. The third-order valence-corrected chi connectivity index (χ3v) is 7.49. The maximum absolute atomic E-state index is 12.7. The summed E-state index contributed by atoms with van der Waals surface area (Å²) in [5.74, 6) is -0.308. The highest BCUT2D eigenvalue weighted by Gasteiger charge is 2.37. The van der Waals surface area contributed by atoms with Crippen molar-refractivity contribution in [3.05, 3.63) is 36.4 Å². The molecule has 1 amide bonds. The number of rotatable bonds is 3. The van der Waals surface area contributed by atoms with Gasteiger partial charge in [0.25, 0.3) is 0 Å². The lowest BCUT2D eigenvalue weighted by atomic mass is 10.0. The first-order valence-electron chi connectivity index (χ1n) is 8.74. The number of anilines is 1. The summed E-state index contributed by atoms with van der Waals surface area (Å²) in [6.45, 7) is 0.390. The molecule has 27 heavy (non-hydrogen) atoms. The van der Waals surface area contributed by atoms with Crippen LogP contribution < -0.4 is 5.32 Å². The summed E-state index contributed by atoms with van der Waals surface area (Å²) in [7, 11) is -3.40. The van der Waals surface area contributed by atoms with Gasteiger partial charge >= 0.3 is 0 Å². The molecule has 1 fully saturated rings. The van der Waals surface area contributed by atoms with E-state index < -0.39 is 16.1 Å². The summed E-state index contributed by atoms with van der Waals surface area (Å²) in [6, 6.07) is 11.7. The zero-order valence-corrected chi connectivity index (χ0v) is 16.2. The van der Waals surface area contributed by atoms with Crippen LogP contribution in [-0.2, 0) is 14.8 Å². The van der Waals surface area contributed by atoms with E-state index in [9.17, 15) is 13.2 Å². The fourth-order valence-corrected chi connectivity index (χ4v) is 6.19. The summed E-state index contributed by atoms with van der Waals surface area (Å²) >= 11 is 1.44. The van der Waals surface area contributed by atoms with Crippen molar-refractivity contribution in [1.82, 2.24) is 9.29 Å². The molecule has 0 radical (unpaired) electrons. The van der Waals surface area contributed by atoms with Crippen LogP contribution in [0.3, 0.4) is 0 Å². The van der Waals surface area contributed by atoms with Crippen molar-refractivity contribution in [2.24, 2.45) is 0 Å². The zero-order chi connectivity index (χ0) is 18.8. The van der Waals surface area contributed by atoms with Gasteiger partial charge in [0.1, 0.15) is 6.04 Å². The molecular weight excluding hydrogens is 382 g/mol. The van der Waals surface area contributed by atoms with Crippen molar-refractivity contribution in [2.75, 3.05) is 18.1 Å². The normalized spacial score (nSPS) is 18.8. The predicted octanol–water partition coefficient (Wildman–Crippen LogP) is 3.31. The van der Waals surface area contributed by atoms with E-state index in [4.69, 9.17) is 0 Å². The Balaban J connectivity index is 1.47. The van der Waals surface area contributed by atoms with Crippen molar-refractivity contribution in [3.8, 4) is 21.7 Å². The summed E-state index contributed by atoms with van der Waals surface area (Å²) < 4.78 is 25.1. The summed E-state index contributed by atoms with van der Waals surface area (Å²) in [5.41, 5.74) is 3.09. The van der Waals surface area contributed by atoms with Gasteiger partial charge in [0, 0.05) is 17.7 Å². The lowest BCUT2D eigenvalue weighted by Gasteiger charge is -2.20. The lowest BCUT2D eigenvalue weighted by Crippen LogP contribution is -2.42. The van der Waals surface area contributed by atoms with Gasteiger partial charge in [-0.3, -0.25) is 4.79 Å². The standard InChI is InChI=1S/C19H17N3O3S2/c1-27(24,25)22-10-4-9-14(22)18(23)21-19-20-16-12-7-2-5-11-6-3-8-13(15(11)12)17(16)26-19/h2-3,5-8,14H,4,9-10H2,1H3,(H,20,21,23). The molecule has 0 bridgehead atoms. The number of nitrogens with zero attached hydrogens (tertiary/aromatic N) is 2. The molecule has 0 spiro atoms. The van der Waals surface area contributed by atoms with Gasteiger partial charge in [-0.15, -0.1) is 0 Å². The third-order valence-electron chi connectivity index (χ3n) is 5.19. The van der Waals surface area contributed by atoms with Gasteiger partial charge in [-0.05, 0) is 23.6 Å². The Labute approximate surface area is 160 Å². The average molecular weight is 399 g/mol. The van der Waals surface area contributed by atoms with Crippen LogP contribution in [0.15, 0.2) is 36.4 Å². The third kappa shape index (κ3) is 2.59. The first-order chi connectivity index (χ1) is 12.9. The van der Waals surface area contributed by atoms with Crippen molar-refractivity contribution >= 4 is 43.2 Å². The molecule has 3 aromatic rings. The van der Waals surface area contributed by atoms with Gasteiger partial charge < -0.3 is 5.32 Å². The second-order valence-electron chi connectivity index (χ2n) is 6.93. The van der Waals surface area contributed by atoms with Crippen molar-refractivity contribution < 1.29 is 13.2 Å². The van der Waals surface area contributed by atoms with Crippen molar-refractivity contribution in [3.63, 3.8) is 0 Å². The molecule has 1 aliphatic carbocycles. The van der Waals surface area contributed by atoms with Gasteiger partial charge in [0.2, 0.25) is 15.9 Å². The Kier molecular flexibility index (Phi) is 3.65. The molecule has 6 nitrogen and oxygen atoms in total. The molecule has 1 unspecified atom stereocenters. The number of aromatic nitrogens is 1. The Hall–Kier alpha value is -2.29. The number of benzene rings is 2. The molecule has 1 aliphatic heterocycles. The van der Waals surface area contributed by atoms with Crippen LogP contribution in [0.1, 0.15) is 12.8 Å². The Bertz CT molecular complexity index is 1140. The highest BCUT2D eigenvalue weighted by molar-refractivity contribution is 7.88. The summed E-state index contributed by atoms with van der Waals surface area (Å²) in [5, 5.41) is 5.73. The molecule has 1 saturated heterocycles. The van der Waals surface area contributed by atoms with Crippen LogP contribution in [0.2, 0.25) is 0 Å². The molecule has 0 saturated carbocycles. The fourth-order valence-electron chi connectivity index (χ4n) is 4.05. The summed E-state index contributed by atoms with van der Waals surface area (Å²) in [4.78, 5) is 18.4. The van der Waals surface area contributed by atoms with Crippen molar-refractivity contribution in [2.45, 2.75) is 18.9 Å². The molecule has 8 heteroatoms. The highest BCUT2D eigenvalue weighted by atomic mass is 32.2. The number of carbonyl (C=O) groups is 1. The minimum absolute atomic E-state index is 0.308. The van der Waals surface area contributed by atoms with Gasteiger partial charge in [-0.25, -0.2) is 13.4 Å². The maximum Gasteiger partial charge on any atom is 0.244 e. The highest BCUT2D eigenvalue weighted by Crippen LogP contribution is 2.50. The maximum atomic E-state index is 12.7. The number of nitrogens with one attached hydrogen (secondary N) is 1. The minimum atomic E-state index is -3.40. The van der Waals surface area contributed by atoms with Gasteiger partial charge in [0.05, 0.1) is 16.8 Å². The first-order valence-corrected chi connectivity index (χ1v) is 11.4. The van der Waals surface area contributed by atoms with E-state index in [1.807, 2.05) is 18.2 Å². The van der Waals surface area contributed by atoms with Crippen molar-refractivity contribution in [1.29, 1.82) is 0 Å². The van der Waals surface area contributed by atoms with E-state index in [1.54, 1.807) is 0 Å². The number of carbonyl (C=O) groups excluding carboxylic acids is 1. The van der Waals surface area contributed by atoms with E-state index in [-0.39, 0.29) is 5.91 Å². The number of amides is 1. The van der Waals surface area contributed by atoms with Gasteiger partial charge in [-0.2, -0.15) is 4.31 Å². The van der Waals surface area contributed by atoms with Gasteiger partial charge in [-0.1, -0.05) is 47.7 Å². The monoisotopic (exact) mass is 399 g/mol. The van der Waals surface area contributed by atoms with Crippen LogP contribution in [0.4, 0.5) is 5.13 Å². The Morgan fingerprint density at radius 1 is 1.22 bits per heavy atom. The number of hydrogen-bond donors (Lipinski definition) is 1. The second kappa shape index (κ2) is 5.85. The molecule has 2 aliphatic rings. The SMILES string of the molecule is CS(=O)(=O)N1CCCC1C(=O)Nc1nc2c(s1)-c1cccc3cccc-2c13. The van der Waals surface area contributed by atoms with E-state index in [1.165, 1.54) is 26.4 Å². The molecule has 1 N–H and O–H groups in total. The molecule has 2 heterocycles. The number of sulfonamides is 1. The topological polar surface area (TPSA) is 79.4 Å².